The van der Waals surface area contributed by atoms with Gasteiger partial charge in [0, 0.05) is 25.5 Å². The molecule has 90 valence electrons. The number of hydrogen-bond acceptors (Lipinski definition) is 2. The Kier molecular flexibility index (Phi) is 3.81. The summed E-state index contributed by atoms with van der Waals surface area (Å²) >= 11 is 0. The third-order valence-corrected chi connectivity index (χ3v) is 2.71. The average molecular weight is 229 g/mol. The van der Waals surface area contributed by atoms with Crippen LogP contribution in [0.5, 0.6) is 0 Å². The molecule has 0 aliphatic heterocycles. The van der Waals surface area contributed by atoms with E-state index in [1.54, 1.807) is 0 Å². The summed E-state index contributed by atoms with van der Waals surface area (Å²) in [5.41, 5.74) is 2.58. The summed E-state index contributed by atoms with van der Waals surface area (Å²) in [6, 6.07) is 8.53. The molecule has 0 atom stereocenters. The number of aryl methyl sites for hydroxylation is 2. The Morgan fingerprint density at radius 1 is 1.35 bits per heavy atom. The molecular formula is C14H19N3. The number of hydrogen-bond donors (Lipinski definition) is 1. The van der Waals surface area contributed by atoms with Gasteiger partial charge in [-0.15, -0.1) is 0 Å². The lowest BCUT2D eigenvalue weighted by atomic mass is 10.1. The van der Waals surface area contributed by atoms with Crippen LogP contribution in [0.3, 0.4) is 0 Å². The number of benzene rings is 1. The molecule has 0 aliphatic rings. The highest BCUT2D eigenvalue weighted by atomic mass is 15.2. The first-order valence-corrected chi connectivity index (χ1v) is 6.10. The number of nitrogens with zero attached hydrogens (tertiary/aromatic N) is 2. The molecular weight excluding hydrogens is 210 g/mol. The van der Waals surface area contributed by atoms with Crippen molar-refractivity contribution < 1.29 is 0 Å². The highest BCUT2D eigenvalue weighted by Crippen LogP contribution is 2.09. The van der Waals surface area contributed by atoms with Crippen LogP contribution in [0.4, 0.5) is 5.95 Å². The first kappa shape index (κ1) is 11.7. The van der Waals surface area contributed by atoms with Crippen LogP contribution in [0.25, 0.3) is 0 Å². The summed E-state index contributed by atoms with van der Waals surface area (Å²) in [5.74, 6) is 0.952. The lowest BCUT2D eigenvalue weighted by molar-refractivity contribution is 0.682. The zero-order valence-corrected chi connectivity index (χ0v) is 10.5. The predicted octanol–water partition coefficient (Wildman–Crippen LogP) is 3.21. The average Bonchev–Trinajstić information content (AvgIpc) is 2.75. The quantitative estimate of drug-likeness (QED) is 0.853. The fraction of sp³-hybridized carbons (Fsp3) is 0.357. The molecule has 0 spiro atoms. The van der Waals surface area contributed by atoms with Gasteiger partial charge in [0.05, 0.1) is 0 Å². The van der Waals surface area contributed by atoms with Crippen molar-refractivity contribution in [2.24, 2.45) is 0 Å². The van der Waals surface area contributed by atoms with Crippen LogP contribution in [-0.4, -0.2) is 9.55 Å². The summed E-state index contributed by atoms with van der Waals surface area (Å²) in [4.78, 5) is 4.32. The van der Waals surface area contributed by atoms with E-state index in [2.05, 4.69) is 53.0 Å². The van der Waals surface area contributed by atoms with Crippen LogP contribution in [0, 0.1) is 6.92 Å². The maximum Gasteiger partial charge on any atom is 0.203 e. The molecule has 0 aliphatic carbocycles. The van der Waals surface area contributed by atoms with Crippen molar-refractivity contribution in [1.82, 2.24) is 9.55 Å². The highest BCUT2D eigenvalue weighted by Gasteiger charge is 2.01. The van der Waals surface area contributed by atoms with Gasteiger partial charge in [-0.25, -0.2) is 4.98 Å². The van der Waals surface area contributed by atoms with Gasteiger partial charge in [-0.3, -0.25) is 0 Å². The Bertz CT molecular complexity index is 474. The van der Waals surface area contributed by atoms with Gasteiger partial charge in [-0.2, -0.15) is 0 Å². The van der Waals surface area contributed by atoms with Crippen molar-refractivity contribution in [3.8, 4) is 0 Å². The molecule has 0 amide bonds. The highest BCUT2D eigenvalue weighted by molar-refractivity contribution is 5.30. The SMILES string of the molecule is CCCn1ccnc1NCc1cccc(C)c1. The van der Waals surface area contributed by atoms with Crippen molar-refractivity contribution in [3.63, 3.8) is 0 Å². The van der Waals surface area contributed by atoms with Crippen molar-refractivity contribution in [3.05, 3.63) is 47.8 Å². The zero-order valence-electron chi connectivity index (χ0n) is 10.5. The molecule has 0 radical (unpaired) electrons. The molecule has 1 aromatic carbocycles. The van der Waals surface area contributed by atoms with Crippen LogP contribution in [0.2, 0.25) is 0 Å². The second kappa shape index (κ2) is 5.53. The molecule has 0 unspecified atom stereocenters. The maximum absolute atomic E-state index is 4.32. The number of anilines is 1. The number of imidazole rings is 1. The number of rotatable bonds is 5. The molecule has 2 rings (SSSR count). The Balaban J connectivity index is 1.99. The summed E-state index contributed by atoms with van der Waals surface area (Å²) in [6.45, 7) is 6.12. The second-order valence-corrected chi connectivity index (χ2v) is 4.29. The van der Waals surface area contributed by atoms with Gasteiger partial charge in [-0.1, -0.05) is 36.8 Å². The number of aromatic nitrogens is 2. The van der Waals surface area contributed by atoms with Gasteiger partial charge in [0.25, 0.3) is 0 Å². The van der Waals surface area contributed by atoms with Gasteiger partial charge >= 0.3 is 0 Å². The second-order valence-electron chi connectivity index (χ2n) is 4.29. The minimum absolute atomic E-state index is 0.822. The van der Waals surface area contributed by atoms with E-state index in [-0.39, 0.29) is 0 Å². The molecule has 1 heterocycles. The predicted molar refractivity (Wildman–Crippen MR) is 71.0 cm³/mol. The lowest BCUT2D eigenvalue weighted by Crippen LogP contribution is -2.07. The molecule has 3 heteroatoms. The zero-order chi connectivity index (χ0) is 12.1. The fourth-order valence-corrected chi connectivity index (χ4v) is 1.90. The molecule has 1 N–H and O–H groups in total. The first-order chi connectivity index (χ1) is 8.29. The minimum Gasteiger partial charge on any atom is -0.352 e. The summed E-state index contributed by atoms with van der Waals surface area (Å²) in [7, 11) is 0. The van der Waals surface area contributed by atoms with Crippen molar-refractivity contribution >= 4 is 5.95 Å². The van der Waals surface area contributed by atoms with Gasteiger partial charge in [-0.05, 0) is 18.9 Å². The van der Waals surface area contributed by atoms with Gasteiger partial charge in [0.1, 0.15) is 0 Å². The van der Waals surface area contributed by atoms with E-state index in [1.165, 1.54) is 11.1 Å². The summed E-state index contributed by atoms with van der Waals surface area (Å²) in [5, 5.41) is 3.37. The summed E-state index contributed by atoms with van der Waals surface area (Å²) in [6.07, 6.45) is 4.98. The molecule has 0 fully saturated rings. The summed E-state index contributed by atoms with van der Waals surface area (Å²) < 4.78 is 2.15. The van der Waals surface area contributed by atoms with Crippen molar-refractivity contribution in [2.75, 3.05) is 5.32 Å². The van der Waals surface area contributed by atoms with Crippen LogP contribution < -0.4 is 5.32 Å². The molecule has 2 aromatic rings. The van der Waals surface area contributed by atoms with Crippen molar-refractivity contribution in [2.45, 2.75) is 33.4 Å². The van der Waals surface area contributed by atoms with E-state index >= 15 is 0 Å². The third-order valence-electron chi connectivity index (χ3n) is 2.71. The third kappa shape index (κ3) is 3.09. The molecule has 0 bridgehead atoms. The van der Waals surface area contributed by atoms with Gasteiger partial charge < -0.3 is 9.88 Å². The molecule has 17 heavy (non-hydrogen) atoms. The minimum atomic E-state index is 0.822. The Hall–Kier alpha value is -1.77. The normalized spacial score (nSPS) is 10.5. The monoisotopic (exact) mass is 229 g/mol. The Morgan fingerprint density at radius 2 is 2.24 bits per heavy atom. The van der Waals surface area contributed by atoms with E-state index in [1.807, 2.05) is 12.4 Å². The van der Waals surface area contributed by atoms with Gasteiger partial charge in [0.15, 0.2) is 0 Å². The van der Waals surface area contributed by atoms with Crippen LogP contribution in [0.15, 0.2) is 36.7 Å². The lowest BCUT2D eigenvalue weighted by Gasteiger charge is -2.09. The molecule has 3 nitrogen and oxygen atoms in total. The molecule has 0 saturated carbocycles. The standard InChI is InChI=1S/C14H19N3/c1-3-8-17-9-7-15-14(17)16-11-13-6-4-5-12(2)10-13/h4-7,9-10H,3,8,11H2,1-2H3,(H,15,16). The first-order valence-electron chi connectivity index (χ1n) is 6.10. The van der Waals surface area contributed by atoms with E-state index in [4.69, 9.17) is 0 Å². The van der Waals surface area contributed by atoms with E-state index < -0.39 is 0 Å². The van der Waals surface area contributed by atoms with E-state index in [0.29, 0.717) is 0 Å². The van der Waals surface area contributed by atoms with Crippen LogP contribution >= 0.6 is 0 Å². The van der Waals surface area contributed by atoms with Crippen molar-refractivity contribution in [1.29, 1.82) is 0 Å². The van der Waals surface area contributed by atoms with Gasteiger partial charge in [0.2, 0.25) is 5.95 Å². The number of nitrogens with one attached hydrogen (secondary N) is 1. The molecule has 1 aromatic heterocycles. The van der Waals surface area contributed by atoms with E-state index in [9.17, 15) is 0 Å². The topological polar surface area (TPSA) is 29.9 Å². The van der Waals surface area contributed by atoms with Crippen LogP contribution in [-0.2, 0) is 13.1 Å². The smallest absolute Gasteiger partial charge is 0.203 e. The maximum atomic E-state index is 4.32. The van der Waals surface area contributed by atoms with Crippen LogP contribution in [0.1, 0.15) is 24.5 Å². The van der Waals surface area contributed by atoms with E-state index in [0.717, 1.165) is 25.5 Å². The Morgan fingerprint density at radius 3 is 3.00 bits per heavy atom. The Labute approximate surface area is 103 Å². The molecule has 0 saturated heterocycles. The largest absolute Gasteiger partial charge is 0.352 e. The fourth-order valence-electron chi connectivity index (χ4n) is 1.90.